The van der Waals surface area contributed by atoms with Crippen LogP contribution in [0.4, 0.5) is 0 Å². The summed E-state index contributed by atoms with van der Waals surface area (Å²) in [6.07, 6.45) is 0. The lowest BCUT2D eigenvalue weighted by Gasteiger charge is -2.10. The molecule has 0 bridgehead atoms. The van der Waals surface area contributed by atoms with E-state index in [0.717, 1.165) is 5.75 Å². The Labute approximate surface area is 116 Å². The monoisotopic (exact) mass is 254 g/mol. The van der Waals surface area contributed by atoms with Gasteiger partial charge < -0.3 is 4.74 Å². The summed E-state index contributed by atoms with van der Waals surface area (Å²) < 4.78 is 5.82. The number of hydrogen-bond acceptors (Lipinski definition) is 1. The summed E-state index contributed by atoms with van der Waals surface area (Å²) in [6.45, 7) is 9.29. The van der Waals surface area contributed by atoms with Crippen LogP contribution in [0, 0.1) is 13.8 Å². The molecule has 0 aliphatic carbocycles. The summed E-state index contributed by atoms with van der Waals surface area (Å²) in [4.78, 5) is 0. The molecule has 2 aromatic carbocycles. The van der Waals surface area contributed by atoms with E-state index >= 15 is 0 Å². The Morgan fingerprint density at radius 1 is 0.895 bits per heavy atom. The van der Waals surface area contributed by atoms with E-state index in [1.807, 2.05) is 0 Å². The third-order valence-electron chi connectivity index (χ3n) is 3.52. The van der Waals surface area contributed by atoms with Crippen molar-refractivity contribution in [2.75, 3.05) is 0 Å². The first-order valence-corrected chi connectivity index (χ1v) is 6.85. The molecule has 0 amide bonds. The van der Waals surface area contributed by atoms with Gasteiger partial charge in [-0.1, -0.05) is 44.2 Å². The molecule has 0 fully saturated rings. The molecular formula is C18H22O. The average Bonchev–Trinajstić information content (AvgIpc) is 2.40. The fourth-order valence-electron chi connectivity index (χ4n) is 2.01. The van der Waals surface area contributed by atoms with Crippen molar-refractivity contribution >= 4 is 0 Å². The Hall–Kier alpha value is -1.76. The second-order valence-electron chi connectivity index (χ2n) is 5.43. The first-order chi connectivity index (χ1) is 9.06. The molecule has 2 rings (SSSR count). The number of ether oxygens (including phenoxy) is 1. The fourth-order valence-corrected chi connectivity index (χ4v) is 2.01. The fraction of sp³-hybridized carbons (Fsp3) is 0.333. The van der Waals surface area contributed by atoms with E-state index in [-0.39, 0.29) is 0 Å². The summed E-state index contributed by atoms with van der Waals surface area (Å²) in [5.41, 5.74) is 5.20. The molecule has 2 aromatic rings. The second kappa shape index (κ2) is 5.92. The minimum absolute atomic E-state index is 0.564. The number of aryl methyl sites for hydroxylation is 2. The van der Waals surface area contributed by atoms with Crippen molar-refractivity contribution in [3.63, 3.8) is 0 Å². The van der Waals surface area contributed by atoms with Crippen LogP contribution in [-0.4, -0.2) is 0 Å². The third kappa shape index (κ3) is 3.60. The van der Waals surface area contributed by atoms with Gasteiger partial charge in [-0.2, -0.15) is 0 Å². The molecule has 0 heterocycles. The van der Waals surface area contributed by atoms with Gasteiger partial charge in [-0.25, -0.2) is 0 Å². The van der Waals surface area contributed by atoms with Crippen molar-refractivity contribution in [2.24, 2.45) is 0 Å². The SMILES string of the molecule is Cc1ccc(COc2ccc(C(C)C)cc2)cc1C. The Balaban J connectivity index is 2.00. The van der Waals surface area contributed by atoms with Crippen molar-refractivity contribution in [1.29, 1.82) is 0 Å². The van der Waals surface area contributed by atoms with Crippen LogP contribution in [0.2, 0.25) is 0 Å². The molecule has 1 heteroatoms. The van der Waals surface area contributed by atoms with Gasteiger partial charge in [-0.3, -0.25) is 0 Å². The topological polar surface area (TPSA) is 9.23 Å². The molecule has 0 spiro atoms. The minimum atomic E-state index is 0.564. The molecule has 19 heavy (non-hydrogen) atoms. The number of benzene rings is 2. The number of hydrogen-bond donors (Lipinski definition) is 0. The van der Waals surface area contributed by atoms with E-state index in [2.05, 4.69) is 70.2 Å². The van der Waals surface area contributed by atoms with Crippen LogP contribution in [0.5, 0.6) is 5.75 Å². The largest absolute Gasteiger partial charge is 0.489 e. The molecule has 0 atom stereocenters. The molecule has 0 N–H and O–H groups in total. The van der Waals surface area contributed by atoms with Gasteiger partial charge in [0.1, 0.15) is 12.4 Å². The summed E-state index contributed by atoms with van der Waals surface area (Å²) >= 11 is 0. The average molecular weight is 254 g/mol. The highest BCUT2D eigenvalue weighted by Gasteiger charge is 2.01. The minimum Gasteiger partial charge on any atom is -0.489 e. The Morgan fingerprint density at radius 2 is 1.58 bits per heavy atom. The van der Waals surface area contributed by atoms with Crippen molar-refractivity contribution < 1.29 is 4.74 Å². The van der Waals surface area contributed by atoms with Gasteiger partial charge in [0.05, 0.1) is 0 Å². The maximum Gasteiger partial charge on any atom is 0.119 e. The van der Waals surface area contributed by atoms with Gasteiger partial charge in [-0.05, 0) is 54.2 Å². The van der Waals surface area contributed by atoms with Crippen molar-refractivity contribution in [3.8, 4) is 5.75 Å². The van der Waals surface area contributed by atoms with E-state index in [4.69, 9.17) is 4.74 Å². The van der Waals surface area contributed by atoms with E-state index in [0.29, 0.717) is 12.5 Å². The van der Waals surface area contributed by atoms with Gasteiger partial charge in [0.2, 0.25) is 0 Å². The highest BCUT2D eigenvalue weighted by atomic mass is 16.5. The van der Waals surface area contributed by atoms with Crippen molar-refractivity contribution in [2.45, 2.75) is 40.2 Å². The van der Waals surface area contributed by atoms with Gasteiger partial charge in [-0.15, -0.1) is 0 Å². The maximum absolute atomic E-state index is 5.82. The lowest BCUT2D eigenvalue weighted by Crippen LogP contribution is -1.97. The Bertz CT molecular complexity index is 538. The highest BCUT2D eigenvalue weighted by molar-refractivity contribution is 5.31. The zero-order valence-electron chi connectivity index (χ0n) is 12.2. The van der Waals surface area contributed by atoms with E-state index in [9.17, 15) is 0 Å². The zero-order valence-corrected chi connectivity index (χ0v) is 12.2. The molecule has 0 saturated heterocycles. The predicted octanol–water partition coefficient (Wildman–Crippen LogP) is 5.01. The van der Waals surface area contributed by atoms with Gasteiger partial charge in [0.25, 0.3) is 0 Å². The lowest BCUT2D eigenvalue weighted by molar-refractivity contribution is 0.306. The van der Waals surface area contributed by atoms with Crippen LogP contribution in [0.1, 0.15) is 42.0 Å². The maximum atomic E-state index is 5.82. The summed E-state index contributed by atoms with van der Waals surface area (Å²) in [5.74, 6) is 1.50. The molecule has 0 unspecified atom stereocenters. The summed E-state index contributed by atoms with van der Waals surface area (Å²) in [5, 5.41) is 0. The Morgan fingerprint density at radius 3 is 2.16 bits per heavy atom. The predicted molar refractivity (Wildman–Crippen MR) is 80.8 cm³/mol. The molecule has 0 saturated carbocycles. The quantitative estimate of drug-likeness (QED) is 0.745. The van der Waals surface area contributed by atoms with Crippen LogP contribution in [0.3, 0.4) is 0 Å². The van der Waals surface area contributed by atoms with Crippen LogP contribution in [0.25, 0.3) is 0 Å². The summed E-state index contributed by atoms with van der Waals surface area (Å²) in [7, 11) is 0. The Kier molecular flexibility index (Phi) is 4.26. The molecule has 0 aromatic heterocycles. The normalized spacial score (nSPS) is 10.8. The zero-order chi connectivity index (χ0) is 13.8. The second-order valence-corrected chi connectivity index (χ2v) is 5.43. The standard InChI is InChI=1S/C18H22O/c1-13(2)17-7-9-18(10-8-17)19-12-16-6-5-14(3)15(4)11-16/h5-11,13H,12H2,1-4H3. The molecular weight excluding hydrogens is 232 g/mol. The van der Waals surface area contributed by atoms with Crippen molar-refractivity contribution in [3.05, 3.63) is 64.7 Å². The molecule has 0 aliphatic heterocycles. The van der Waals surface area contributed by atoms with Crippen LogP contribution in [0.15, 0.2) is 42.5 Å². The molecule has 0 radical (unpaired) electrons. The number of rotatable bonds is 4. The van der Waals surface area contributed by atoms with Gasteiger partial charge in [0, 0.05) is 0 Å². The first-order valence-electron chi connectivity index (χ1n) is 6.85. The van der Waals surface area contributed by atoms with E-state index in [1.165, 1.54) is 22.3 Å². The first kappa shape index (κ1) is 13.7. The van der Waals surface area contributed by atoms with Gasteiger partial charge in [0.15, 0.2) is 0 Å². The van der Waals surface area contributed by atoms with E-state index in [1.54, 1.807) is 0 Å². The smallest absolute Gasteiger partial charge is 0.119 e. The third-order valence-corrected chi connectivity index (χ3v) is 3.52. The van der Waals surface area contributed by atoms with Gasteiger partial charge >= 0.3 is 0 Å². The molecule has 100 valence electrons. The molecule has 0 aliphatic rings. The lowest BCUT2D eigenvalue weighted by atomic mass is 10.0. The van der Waals surface area contributed by atoms with Crippen LogP contribution >= 0.6 is 0 Å². The molecule has 1 nitrogen and oxygen atoms in total. The van der Waals surface area contributed by atoms with Crippen LogP contribution < -0.4 is 4.74 Å². The van der Waals surface area contributed by atoms with Crippen LogP contribution in [-0.2, 0) is 6.61 Å². The summed E-state index contributed by atoms with van der Waals surface area (Å²) in [6, 6.07) is 14.9. The van der Waals surface area contributed by atoms with Crippen molar-refractivity contribution in [1.82, 2.24) is 0 Å². The van der Waals surface area contributed by atoms with E-state index < -0.39 is 0 Å². The highest BCUT2D eigenvalue weighted by Crippen LogP contribution is 2.19.